The van der Waals surface area contributed by atoms with Crippen LogP contribution in [-0.2, 0) is 12.0 Å². The predicted molar refractivity (Wildman–Crippen MR) is 38.7 cm³/mol. The van der Waals surface area contributed by atoms with E-state index in [2.05, 4.69) is 10.2 Å². The maximum absolute atomic E-state index is 8.34. The van der Waals surface area contributed by atoms with Gasteiger partial charge in [0, 0.05) is 0 Å². The Kier molecular flexibility index (Phi) is 1.38. The van der Waals surface area contributed by atoms with Crippen molar-refractivity contribution in [3.63, 3.8) is 0 Å². The number of aromatic nitrogens is 2. The third-order valence-corrected chi connectivity index (χ3v) is 1.91. The topological polar surface area (TPSA) is 88.7 Å². The second kappa shape index (κ2) is 2.29. The predicted octanol–water partition coefficient (Wildman–Crippen LogP) is 0.0835. The smallest absolute Gasteiger partial charge is 0.236 e. The lowest BCUT2D eigenvalue weighted by molar-refractivity contribution is 0.416. The zero-order valence-corrected chi connectivity index (χ0v) is 6.45. The number of nitrogens with zero attached hydrogens (tertiary/aromatic N) is 3. The lowest BCUT2D eigenvalue weighted by atomic mass is 10.3. The average molecular weight is 164 g/mol. The van der Waals surface area contributed by atoms with Gasteiger partial charge in [0.15, 0.2) is 0 Å². The quantitative estimate of drug-likeness (QED) is 0.668. The molecule has 0 aliphatic heterocycles. The van der Waals surface area contributed by atoms with E-state index >= 15 is 0 Å². The van der Waals surface area contributed by atoms with Gasteiger partial charge in [-0.1, -0.05) is 0 Å². The van der Waals surface area contributed by atoms with Crippen molar-refractivity contribution in [1.29, 1.82) is 5.26 Å². The van der Waals surface area contributed by atoms with Gasteiger partial charge in [0.25, 0.3) is 0 Å². The summed E-state index contributed by atoms with van der Waals surface area (Å²) in [4.78, 5) is 0. The van der Waals surface area contributed by atoms with Gasteiger partial charge in [-0.25, -0.2) is 0 Å². The first-order valence-corrected chi connectivity index (χ1v) is 3.73. The van der Waals surface area contributed by atoms with Gasteiger partial charge in [-0.2, -0.15) is 5.26 Å². The van der Waals surface area contributed by atoms with E-state index in [1.54, 1.807) is 0 Å². The Balaban J connectivity index is 2.20. The average Bonchev–Trinajstić information content (AvgIpc) is 2.64. The minimum Gasteiger partial charge on any atom is -0.422 e. The molecule has 5 nitrogen and oxygen atoms in total. The number of nitriles is 1. The molecule has 62 valence electrons. The molecule has 1 aliphatic rings. The third kappa shape index (κ3) is 1.06. The molecule has 1 aromatic heterocycles. The van der Waals surface area contributed by atoms with Gasteiger partial charge >= 0.3 is 0 Å². The molecule has 1 fully saturated rings. The highest BCUT2D eigenvalue weighted by Gasteiger charge is 2.45. The maximum Gasteiger partial charge on any atom is 0.236 e. The van der Waals surface area contributed by atoms with E-state index in [1.807, 2.05) is 6.07 Å². The fraction of sp³-hybridized carbons (Fsp3) is 0.571. The van der Waals surface area contributed by atoms with E-state index in [-0.39, 0.29) is 12.0 Å². The van der Waals surface area contributed by atoms with Gasteiger partial charge in [-0.05, 0) is 12.8 Å². The molecule has 0 radical (unpaired) electrons. The van der Waals surface area contributed by atoms with Gasteiger partial charge in [0.2, 0.25) is 11.8 Å². The Hall–Kier alpha value is -1.41. The molecule has 1 aromatic rings. The van der Waals surface area contributed by atoms with E-state index in [1.165, 1.54) is 0 Å². The van der Waals surface area contributed by atoms with E-state index in [0.717, 1.165) is 12.8 Å². The van der Waals surface area contributed by atoms with Crippen molar-refractivity contribution in [2.75, 3.05) is 0 Å². The van der Waals surface area contributed by atoms with Crippen LogP contribution in [0.1, 0.15) is 24.6 Å². The molecular weight excluding hydrogens is 156 g/mol. The Bertz CT molecular complexity index is 333. The zero-order valence-electron chi connectivity index (χ0n) is 6.45. The molecule has 1 heterocycles. The minimum absolute atomic E-state index is 0.156. The molecular formula is C7H8N4O. The Morgan fingerprint density at radius 2 is 2.33 bits per heavy atom. The first-order chi connectivity index (χ1) is 5.74. The molecule has 5 heteroatoms. The summed E-state index contributed by atoms with van der Waals surface area (Å²) in [5.41, 5.74) is 5.41. The summed E-state index contributed by atoms with van der Waals surface area (Å²) in [5, 5.41) is 15.8. The summed E-state index contributed by atoms with van der Waals surface area (Å²) in [5.74, 6) is 0.817. The molecule has 0 saturated heterocycles. The molecule has 12 heavy (non-hydrogen) atoms. The molecule has 0 atom stereocenters. The molecule has 2 N–H and O–H groups in total. The number of rotatable bonds is 2. The van der Waals surface area contributed by atoms with Gasteiger partial charge in [-0.3, -0.25) is 0 Å². The largest absolute Gasteiger partial charge is 0.422 e. The van der Waals surface area contributed by atoms with Crippen molar-refractivity contribution >= 4 is 0 Å². The molecule has 0 amide bonds. The van der Waals surface area contributed by atoms with Crippen LogP contribution >= 0.6 is 0 Å². The van der Waals surface area contributed by atoms with Crippen molar-refractivity contribution in [1.82, 2.24) is 10.2 Å². The lowest BCUT2D eigenvalue weighted by Crippen LogP contribution is -2.18. The summed E-state index contributed by atoms with van der Waals surface area (Å²) < 4.78 is 5.18. The highest BCUT2D eigenvalue weighted by molar-refractivity contribution is 5.11. The zero-order chi connectivity index (χ0) is 8.60. The van der Waals surface area contributed by atoms with Crippen LogP contribution in [0.5, 0.6) is 0 Å². The van der Waals surface area contributed by atoms with E-state index in [4.69, 9.17) is 15.4 Å². The molecule has 0 spiro atoms. The third-order valence-electron chi connectivity index (χ3n) is 1.91. The number of nitrogens with two attached hydrogens (primary N) is 1. The number of hydrogen-bond acceptors (Lipinski definition) is 5. The molecule has 0 bridgehead atoms. The highest BCUT2D eigenvalue weighted by Crippen LogP contribution is 2.41. The van der Waals surface area contributed by atoms with Gasteiger partial charge < -0.3 is 10.2 Å². The van der Waals surface area contributed by atoms with E-state index in [0.29, 0.717) is 11.8 Å². The molecule has 0 aromatic carbocycles. The summed E-state index contributed by atoms with van der Waals surface area (Å²) in [6.45, 7) is 0. The Morgan fingerprint density at radius 3 is 2.92 bits per heavy atom. The van der Waals surface area contributed by atoms with Crippen LogP contribution in [0.3, 0.4) is 0 Å². The van der Waals surface area contributed by atoms with E-state index < -0.39 is 0 Å². The normalized spacial score (nSPS) is 18.7. The van der Waals surface area contributed by atoms with Crippen LogP contribution in [0.2, 0.25) is 0 Å². The Labute approximate surface area is 69.2 Å². The van der Waals surface area contributed by atoms with Crippen molar-refractivity contribution in [3.05, 3.63) is 11.8 Å². The highest BCUT2D eigenvalue weighted by atomic mass is 16.4. The lowest BCUT2D eigenvalue weighted by Gasteiger charge is -1.98. The fourth-order valence-corrected chi connectivity index (χ4v) is 0.942. The van der Waals surface area contributed by atoms with E-state index in [9.17, 15) is 0 Å². The first-order valence-electron chi connectivity index (χ1n) is 3.73. The van der Waals surface area contributed by atoms with Gasteiger partial charge in [0.1, 0.15) is 6.42 Å². The van der Waals surface area contributed by atoms with Crippen molar-refractivity contribution < 1.29 is 4.42 Å². The molecule has 0 unspecified atom stereocenters. The Morgan fingerprint density at radius 1 is 1.58 bits per heavy atom. The summed E-state index contributed by atoms with van der Waals surface area (Å²) in [6, 6.07) is 1.93. The summed E-state index contributed by atoms with van der Waals surface area (Å²) in [6.07, 6.45) is 1.94. The molecule has 2 rings (SSSR count). The number of hydrogen-bond donors (Lipinski definition) is 1. The monoisotopic (exact) mass is 164 g/mol. The fourth-order valence-electron chi connectivity index (χ4n) is 0.942. The van der Waals surface area contributed by atoms with Crippen LogP contribution in [-0.4, -0.2) is 10.2 Å². The van der Waals surface area contributed by atoms with Crippen LogP contribution < -0.4 is 5.73 Å². The molecule has 1 saturated carbocycles. The van der Waals surface area contributed by atoms with Crippen LogP contribution in [0.25, 0.3) is 0 Å². The summed E-state index contributed by atoms with van der Waals surface area (Å²) >= 11 is 0. The first kappa shape index (κ1) is 7.25. The standard InChI is InChI=1S/C7H8N4O/c8-4-1-5-10-11-6(12-5)7(9)2-3-7/h1-3,9H2. The maximum atomic E-state index is 8.34. The van der Waals surface area contributed by atoms with Crippen LogP contribution in [0, 0.1) is 11.3 Å². The van der Waals surface area contributed by atoms with Crippen LogP contribution in [0.15, 0.2) is 4.42 Å². The molecule has 1 aliphatic carbocycles. The van der Waals surface area contributed by atoms with Gasteiger partial charge in [0.05, 0.1) is 11.6 Å². The second-order valence-corrected chi connectivity index (χ2v) is 2.99. The summed E-state index contributed by atoms with van der Waals surface area (Å²) in [7, 11) is 0. The van der Waals surface area contributed by atoms with Crippen LogP contribution in [0.4, 0.5) is 0 Å². The van der Waals surface area contributed by atoms with Gasteiger partial charge in [-0.15, -0.1) is 10.2 Å². The van der Waals surface area contributed by atoms with Crippen molar-refractivity contribution in [2.24, 2.45) is 5.73 Å². The second-order valence-electron chi connectivity index (χ2n) is 2.99. The van der Waals surface area contributed by atoms with Crippen molar-refractivity contribution in [3.8, 4) is 6.07 Å². The SMILES string of the molecule is N#CCc1nnc(C2(N)CC2)o1. The van der Waals surface area contributed by atoms with Crippen molar-refractivity contribution in [2.45, 2.75) is 24.8 Å². The minimum atomic E-state index is -0.388.